The second-order valence-corrected chi connectivity index (χ2v) is 7.02. The maximum absolute atomic E-state index is 12.4. The quantitative estimate of drug-likeness (QED) is 0.756. The first-order valence-corrected chi connectivity index (χ1v) is 9.35. The maximum Gasteiger partial charge on any atom is 0.233 e. The molecule has 2 fully saturated rings. The minimum Gasteiger partial charge on any atom is -0.497 e. The van der Waals surface area contributed by atoms with Gasteiger partial charge in [0.1, 0.15) is 5.75 Å². The second-order valence-electron chi connectivity index (χ2n) is 7.02. The van der Waals surface area contributed by atoms with Crippen LogP contribution in [0.1, 0.15) is 37.7 Å². The lowest BCUT2D eigenvalue weighted by Gasteiger charge is -2.19. The number of benzene rings is 1. The molecular weight excluding hydrogens is 332 g/mol. The summed E-state index contributed by atoms with van der Waals surface area (Å²) in [6.07, 6.45) is 4.53. The topological polar surface area (TPSA) is 75.7 Å². The van der Waals surface area contributed by atoms with Crippen molar-refractivity contribution in [3.05, 3.63) is 29.8 Å². The van der Waals surface area contributed by atoms with Gasteiger partial charge in [0.2, 0.25) is 17.7 Å². The van der Waals surface area contributed by atoms with E-state index in [-0.39, 0.29) is 42.5 Å². The Balaban J connectivity index is 1.41. The third kappa shape index (κ3) is 4.06. The molecule has 1 saturated heterocycles. The standard InChI is InChI=1S/C20H26N2O4/c1-26-15-8-6-14(7-9-15)10-12-21-18(23)11-13-22-19(24)16-4-2-3-5-17(16)20(22)25/h6-9,16-17H,2-5,10-13H2,1H3,(H,21,23). The molecule has 1 aromatic carbocycles. The summed E-state index contributed by atoms with van der Waals surface area (Å²) in [6.45, 7) is 0.720. The number of carbonyl (C=O) groups excluding carboxylic acids is 3. The summed E-state index contributed by atoms with van der Waals surface area (Å²) in [7, 11) is 1.63. The van der Waals surface area contributed by atoms with Crippen LogP contribution >= 0.6 is 0 Å². The fourth-order valence-corrected chi connectivity index (χ4v) is 3.89. The molecule has 1 aliphatic carbocycles. The summed E-state index contributed by atoms with van der Waals surface area (Å²) in [5, 5.41) is 2.86. The largest absolute Gasteiger partial charge is 0.497 e. The van der Waals surface area contributed by atoms with Crippen LogP contribution < -0.4 is 10.1 Å². The zero-order chi connectivity index (χ0) is 18.5. The molecule has 1 saturated carbocycles. The molecule has 2 unspecified atom stereocenters. The van der Waals surface area contributed by atoms with Gasteiger partial charge < -0.3 is 10.1 Å². The average molecular weight is 358 g/mol. The molecule has 6 heteroatoms. The molecule has 1 N–H and O–H groups in total. The number of hydrogen-bond acceptors (Lipinski definition) is 4. The van der Waals surface area contributed by atoms with Gasteiger partial charge in [-0.25, -0.2) is 0 Å². The molecule has 3 amide bonds. The van der Waals surface area contributed by atoms with Crippen LogP contribution in [0.2, 0.25) is 0 Å². The molecule has 140 valence electrons. The SMILES string of the molecule is COc1ccc(CCNC(=O)CCN2C(=O)C3CCCCC3C2=O)cc1. The Morgan fingerprint density at radius 3 is 2.31 bits per heavy atom. The number of ether oxygens (including phenoxy) is 1. The molecule has 3 rings (SSSR count). The lowest BCUT2D eigenvalue weighted by atomic mass is 9.81. The molecule has 2 atom stereocenters. The van der Waals surface area contributed by atoms with Gasteiger partial charge in [-0.15, -0.1) is 0 Å². The number of fused-ring (bicyclic) bond motifs is 1. The van der Waals surface area contributed by atoms with E-state index in [4.69, 9.17) is 4.74 Å². The predicted molar refractivity (Wildman–Crippen MR) is 96.5 cm³/mol. The Morgan fingerprint density at radius 1 is 1.12 bits per heavy atom. The van der Waals surface area contributed by atoms with Crippen LogP contribution in [0.25, 0.3) is 0 Å². The smallest absolute Gasteiger partial charge is 0.233 e. The van der Waals surface area contributed by atoms with Crippen molar-refractivity contribution in [2.75, 3.05) is 20.2 Å². The number of nitrogens with one attached hydrogen (secondary N) is 1. The monoisotopic (exact) mass is 358 g/mol. The maximum atomic E-state index is 12.4. The van der Waals surface area contributed by atoms with Crippen LogP contribution in [-0.4, -0.2) is 42.8 Å². The van der Waals surface area contributed by atoms with Gasteiger partial charge in [0.05, 0.1) is 18.9 Å². The molecule has 0 aromatic heterocycles. The van der Waals surface area contributed by atoms with E-state index in [0.717, 1.165) is 43.4 Å². The van der Waals surface area contributed by atoms with Crippen molar-refractivity contribution in [3.8, 4) is 5.75 Å². The van der Waals surface area contributed by atoms with Gasteiger partial charge in [0, 0.05) is 19.5 Å². The fraction of sp³-hybridized carbons (Fsp3) is 0.550. The first-order chi connectivity index (χ1) is 12.6. The highest BCUT2D eigenvalue weighted by molar-refractivity contribution is 6.05. The zero-order valence-corrected chi connectivity index (χ0v) is 15.2. The highest BCUT2D eigenvalue weighted by Crippen LogP contribution is 2.37. The van der Waals surface area contributed by atoms with Crippen molar-refractivity contribution < 1.29 is 19.1 Å². The van der Waals surface area contributed by atoms with E-state index < -0.39 is 0 Å². The number of methoxy groups -OCH3 is 1. The van der Waals surface area contributed by atoms with Crippen molar-refractivity contribution in [2.45, 2.75) is 38.5 Å². The summed E-state index contributed by atoms with van der Waals surface area (Å²) in [4.78, 5) is 38.1. The van der Waals surface area contributed by atoms with Gasteiger partial charge in [-0.3, -0.25) is 19.3 Å². The molecule has 2 aliphatic rings. The summed E-state index contributed by atoms with van der Waals surface area (Å²) in [5.74, 6) is 0.229. The highest BCUT2D eigenvalue weighted by atomic mass is 16.5. The summed E-state index contributed by atoms with van der Waals surface area (Å²) < 4.78 is 5.12. The summed E-state index contributed by atoms with van der Waals surface area (Å²) in [6, 6.07) is 7.71. The van der Waals surface area contributed by atoms with Gasteiger partial charge in [-0.05, 0) is 37.0 Å². The lowest BCUT2D eigenvalue weighted by Crippen LogP contribution is -2.35. The molecule has 0 radical (unpaired) electrons. The number of amides is 3. The average Bonchev–Trinajstić information content (AvgIpc) is 2.91. The number of rotatable bonds is 7. The van der Waals surface area contributed by atoms with Crippen molar-refractivity contribution >= 4 is 17.7 Å². The van der Waals surface area contributed by atoms with Crippen LogP contribution in [0, 0.1) is 11.8 Å². The van der Waals surface area contributed by atoms with Crippen LogP contribution in [0.3, 0.4) is 0 Å². The van der Waals surface area contributed by atoms with E-state index in [0.29, 0.717) is 6.54 Å². The van der Waals surface area contributed by atoms with Gasteiger partial charge >= 0.3 is 0 Å². The van der Waals surface area contributed by atoms with Crippen molar-refractivity contribution in [2.24, 2.45) is 11.8 Å². The highest BCUT2D eigenvalue weighted by Gasteiger charge is 2.47. The Kier molecular flexibility index (Phi) is 5.91. The van der Waals surface area contributed by atoms with Crippen LogP contribution in [0.15, 0.2) is 24.3 Å². The number of hydrogen-bond donors (Lipinski definition) is 1. The molecule has 6 nitrogen and oxygen atoms in total. The van der Waals surface area contributed by atoms with Gasteiger partial charge in [0.15, 0.2) is 0 Å². The Bertz CT molecular complexity index is 647. The van der Waals surface area contributed by atoms with E-state index in [9.17, 15) is 14.4 Å². The fourth-order valence-electron chi connectivity index (χ4n) is 3.89. The molecule has 26 heavy (non-hydrogen) atoms. The van der Waals surface area contributed by atoms with Gasteiger partial charge in [-0.1, -0.05) is 25.0 Å². The molecule has 1 heterocycles. The Morgan fingerprint density at radius 2 is 1.73 bits per heavy atom. The van der Waals surface area contributed by atoms with E-state index in [1.54, 1.807) is 7.11 Å². The van der Waals surface area contributed by atoms with E-state index >= 15 is 0 Å². The lowest BCUT2D eigenvalue weighted by molar-refractivity contribution is -0.140. The third-order valence-electron chi connectivity index (χ3n) is 5.39. The van der Waals surface area contributed by atoms with E-state index in [2.05, 4.69) is 5.32 Å². The molecule has 0 spiro atoms. The summed E-state index contributed by atoms with van der Waals surface area (Å²) in [5.41, 5.74) is 1.11. The first-order valence-electron chi connectivity index (χ1n) is 9.35. The second kappa shape index (κ2) is 8.34. The Labute approximate surface area is 153 Å². The van der Waals surface area contributed by atoms with Crippen molar-refractivity contribution in [1.29, 1.82) is 0 Å². The van der Waals surface area contributed by atoms with Crippen molar-refractivity contribution in [3.63, 3.8) is 0 Å². The van der Waals surface area contributed by atoms with Crippen LogP contribution in [-0.2, 0) is 20.8 Å². The van der Waals surface area contributed by atoms with E-state index in [1.807, 2.05) is 24.3 Å². The van der Waals surface area contributed by atoms with Crippen LogP contribution in [0.4, 0.5) is 0 Å². The van der Waals surface area contributed by atoms with Gasteiger partial charge in [0.25, 0.3) is 0 Å². The predicted octanol–water partition coefficient (Wildman–Crippen LogP) is 1.92. The number of imide groups is 1. The third-order valence-corrected chi connectivity index (χ3v) is 5.39. The molecule has 1 aliphatic heterocycles. The van der Waals surface area contributed by atoms with Crippen LogP contribution in [0.5, 0.6) is 5.75 Å². The number of carbonyl (C=O) groups is 3. The number of nitrogens with zero attached hydrogens (tertiary/aromatic N) is 1. The number of likely N-dealkylation sites (tertiary alicyclic amines) is 1. The molecule has 0 bridgehead atoms. The first kappa shape index (κ1) is 18.4. The summed E-state index contributed by atoms with van der Waals surface area (Å²) >= 11 is 0. The normalized spacial score (nSPS) is 22.3. The van der Waals surface area contributed by atoms with Gasteiger partial charge in [-0.2, -0.15) is 0 Å². The zero-order valence-electron chi connectivity index (χ0n) is 15.2. The van der Waals surface area contributed by atoms with E-state index in [1.165, 1.54) is 4.90 Å². The molecular formula is C20H26N2O4. The Hall–Kier alpha value is -2.37. The minimum atomic E-state index is -0.144. The van der Waals surface area contributed by atoms with Crippen molar-refractivity contribution in [1.82, 2.24) is 10.2 Å². The minimum absolute atomic E-state index is 0.0780. The molecule has 1 aromatic rings.